The van der Waals surface area contributed by atoms with Crippen molar-refractivity contribution in [3.8, 4) is 0 Å². The summed E-state index contributed by atoms with van der Waals surface area (Å²) < 4.78 is 0. The predicted molar refractivity (Wildman–Crippen MR) is 200 cm³/mol. The molecule has 292 valence electrons. The van der Waals surface area contributed by atoms with E-state index >= 15 is 0 Å². The van der Waals surface area contributed by atoms with Crippen LogP contribution >= 0.6 is 0 Å². The first kappa shape index (κ1) is 40.4. The van der Waals surface area contributed by atoms with Gasteiger partial charge in [0.1, 0.15) is 18.1 Å². The average molecular weight is 736 g/mol. The normalized spacial score (nSPS) is 24.8. The minimum atomic E-state index is -1.89. The molecule has 0 aromatic heterocycles. The molecule has 2 unspecified atom stereocenters. The summed E-state index contributed by atoms with van der Waals surface area (Å²) in [6, 6.07) is 4.48. The molecule has 4 aliphatic rings. The molecule has 12 nitrogen and oxygen atoms in total. The summed E-state index contributed by atoms with van der Waals surface area (Å²) in [6.45, 7) is 8.88. The number of carbonyl (C=O) groups excluding carboxylic acids is 6. The van der Waals surface area contributed by atoms with Gasteiger partial charge in [0.25, 0.3) is 11.8 Å². The first-order valence-corrected chi connectivity index (χ1v) is 20.0. The lowest BCUT2D eigenvalue weighted by molar-refractivity contribution is -0.148. The average Bonchev–Trinajstić information content (AvgIpc) is 3.87. The van der Waals surface area contributed by atoms with Gasteiger partial charge in [0.2, 0.25) is 23.5 Å². The highest BCUT2D eigenvalue weighted by molar-refractivity contribution is 6.38. The SMILES string of the molecule is CCC[C@H](NC(=O)[C@@H]1C[C@@H]2CCCC[C@@H]2N1C(=O)[C@@H](NC(=O)C(NC(=O)C(C)(O)c1ccccc1)C1CCCCC1)C(C)(C)C)C(=O)C(=O)NC1CC1. The quantitative estimate of drug-likeness (QED) is 0.181. The van der Waals surface area contributed by atoms with Gasteiger partial charge in [-0.3, -0.25) is 28.8 Å². The van der Waals surface area contributed by atoms with Crippen molar-refractivity contribution in [3.05, 3.63) is 35.9 Å². The second-order valence-corrected chi connectivity index (χ2v) is 17.2. The molecule has 1 aromatic rings. The van der Waals surface area contributed by atoms with Gasteiger partial charge in [-0.15, -0.1) is 0 Å². The number of hydrogen-bond donors (Lipinski definition) is 5. The largest absolute Gasteiger partial charge is 0.376 e. The van der Waals surface area contributed by atoms with Gasteiger partial charge in [0, 0.05) is 12.1 Å². The molecule has 12 heteroatoms. The number of Topliss-reactive ketones (excluding diaryl/α,β-unsaturated/α-hetero) is 1. The van der Waals surface area contributed by atoms with Gasteiger partial charge in [-0.25, -0.2) is 0 Å². The Morgan fingerprint density at radius 2 is 1.47 bits per heavy atom. The Morgan fingerprint density at radius 1 is 0.830 bits per heavy atom. The molecular weight excluding hydrogens is 674 g/mol. The number of nitrogens with one attached hydrogen (secondary N) is 4. The Morgan fingerprint density at radius 3 is 2.09 bits per heavy atom. The van der Waals surface area contributed by atoms with Crippen LogP contribution in [0.2, 0.25) is 0 Å². The number of nitrogens with zero attached hydrogens (tertiary/aromatic N) is 1. The number of ketones is 1. The van der Waals surface area contributed by atoms with E-state index in [1.165, 1.54) is 6.92 Å². The topological polar surface area (TPSA) is 174 Å². The van der Waals surface area contributed by atoms with Crippen molar-refractivity contribution in [2.24, 2.45) is 17.3 Å². The van der Waals surface area contributed by atoms with Gasteiger partial charge < -0.3 is 31.3 Å². The number of amides is 5. The molecule has 5 N–H and O–H groups in total. The van der Waals surface area contributed by atoms with Crippen molar-refractivity contribution in [3.63, 3.8) is 0 Å². The minimum absolute atomic E-state index is 0.00286. The van der Waals surface area contributed by atoms with E-state index in [2.05, 4.69) is 21.3 Å². The Balaban J connectivity index is 1.39. The molecule has 7 atom stereocenters. The van der Waals surface area contributed by atoms with Crippen LogP contribution in [0.5, 0.6) is 0 Å². The summed E-state index contributed by atoms with van der Waals surface area (Å²) in [5.74, 6) is -3.51. The molecule has 3 aliphatic carbocycles. The fourth-order valence-corrected chi connectivity index (χ4v) is 8.55. The highest BCUT2D eigenvalue weighted by Crippen LogP contribution is 2.41. The fourth-order valence-electron chi connectivity index (χ4n) is 8.55. The molecule has 53 heavy (non-hydrogen) atoms. The molecule has 4 fully saturated rings. The lowest BCUT2D eigenvalue weighted by Gasteiger charge is -2.41. The molecule has 1 aromatic carbocycles. The summed E-state index contributed by atoms with van der Waals surface area (Å²) in [5, 5.41) is 22.8. The summed E-state index contributed by atoms with van der Waals surface area (Å²) in [7, 11) is 0. The summed E-state index contributed by atoms with van der Waals surface area (Å²) in [5.41, 5.74) is -2.27. The third-order valence-corrected chi connectivity index (χ3v) is 11.9. The molecule has 0 bridgehead atoms. The number of hydrogen-bond acceptors (Lipinski definition) is 7. The van der Waals surface area contributed by atoms with Crippen LogP contribution in [0.15, 0.2) is 30.3 Å². The maximum atomic E-state index is 14.9. The second-order valence-electron chi connectivity index (χ2n) is 17.2. The van der Waals surface area contributed by atoms with Crippen molar-refractivity contribution in [1.82, 2.24) is 26.2 Å². The van der Waals surface area contributed by atoms with Gasteiger partial charge in [-0.05, 0) is 81.1 Å². The van der Waals surface area contributed by atoms with Gasteiger partial charge in [0.05, 0.1) is 6.04 Å². The molecule has 0 spiro atoms. The molecule has 0 radical (unpaired) electrons. The summed E-state index contributed by atoms with van der Waals surface area (Å²) in [4.78, 5) is 84.7. The van der Waals surface area contributed by atoms with E-state index in [-0.39, 0.29) is 29.8 Å². The van der Waals surface area contributed by atoms with Gasteiger partial charge in [0.15, 0.2) is 5.60 Å². The van der Waals surface area contributed by atoms with Crippen LogP contribution in [-0.4, -0.2) is 81.6 Å². The zero-order chi connectivity index (χ0) is 38.5. The van der Waals surface area contributed by atoms with Crippen molar-refractivity contribution >= 4 is 35.3 Å². The maximum absolute atomic E-state index is 14.9. The summed E-state index contributed by atoms with van der Waals surface area (Å²) in [6.07, 6.45) is 10.7. The lowest BCUT2D eigenvalue weighted by atomic mass is 9.81. The summed E-state index contributed by atoms with van der Waals surface area (Å²) >= 11 is 0. The van der Waals surface area contributed by atoms with Crippen molar-refractivity contribution in [2.45, 2.75) is 166 Å². The molecule has 1 heterocycles. The van der Waals surface area contributed by atoms with Gasteiger partial charge in [-0.2, -0.15) is 0 Å². The number of benzene rings is 1. The molecule has 1 aliphatic heterocycles. The number of rotatable bonds is 14. The lowest BCUT2D eigenvalue weighted by Crippen LogP contribution is -2.63. The van der Waals surface area contributed by atoms with E-state index < -0.39 is 64.6 Å². The minimum Gasteiger partial charge on any atom is -0.376 e. The van der Waals surface area contributed by atoms with Crippen LogP contribution in [0.4, 0.5) is 0 Å². The van der Waals surface area contributed by atoms with Crippen LogP contribution in [0.3, 0.4) is 0 Å². The predicted octanol–water partition coefficient (Wildman–Crippen LogP) is 3.78. The third-order valence-electron chi connectivity index (χ3n) is 11.9. The molecule has 5 amide bonds. The molecular formula is C41H61N5O7. The van der Waals surface area contributed by atoms with E-state index in [0.717, 1.165) is 57.8 Å². The number of aliphatic hydroxyl groups is 1. The second kappa shape index (κ2) is 17.1. The first-order chi connectivity index (χ1) is 25.1. The van der Waals surface area contributed by atoms with Crippen LogP contribution in [0.1, 0.15) is 130 Å². The van der Waals surface area contributed by atoms with Crippen LogP contribution < -0.4 is 21.3 Å². The smallest absolute Gasteiger partial charge is 0.289 e. The van der Waals surface area contributed by atoms with E-state index in [1.54, 1.807) is 35.2 Å². The van der Waals surface area contributed by atoms with Crippen molar-refractivity contribution < 1.29 is 33.9 Å². The first-order valence-electron chi connectivity index (χ1n) is 20.0. The zero-order valence-corrected chi connectivity index (χ0v) is 32.2. The molecule has 5 rings (SSSR count). The molecule has 1 saturated heterocycles. The van der Waals surface area contributed by atoms with E-state index in [9.17, 15) is 33.9 Å². The number of likely N-dealkylation sites (tertiary alicyclic amines) is 1. The van der Waals surface area contributed by atoms with E-state index in [0.29, 0.717) is 37.7 Å². The van der Waals surface area contributed by atoms with Crippen LogP contribution in [-0.2, 0) is 34.4 Å². The van der Waals surface area contributed by atoms with Gasteiger partial charge >= 0.3 is 0 Å². The van der Waals surface area contributed by atoms with Crippen molar-refractivity contribution in [1.29, 1.82) is 0 Å². The van der Waals surface area contributed by atoms with Crippen LogP contribution in [0.25, 0.3) is 0 Å². The number of fused-ring (bicyclic) bond motifs is 1. The number of carbonyl (C=O) groups is 6. The Kier molecular flexibility index (Phi) is 13.0. The Bertz CT molecular complexity index is 1500. The van der Waals surface area contributed by atoms with Gasteiger partial charge in [-0.1, -0.05) is 96.6 Å². The fraction of sp³-hybridized carbons (Fsp3) is 0.707. The third kappa shape index (κ3) is 9.66. The standard InChI is InChI=1S/C41H61N5O7/c1-6-15-29(33(47)37(50)42-28-22-23-28)43-35(48)31-24-26-18-13-14-21-30(26)46(31)38(51)34(40(2,3)4)45-36(49)32(25-16-9-7-10-17-25)44-39(52)41(5,53)27-19-11-8-12-20-27/h8,11-12,19-20,25-26,28-32,34,53H,6-7,9-10,13-18,21-24H2,1-5H3,(H,42,50)(H,43,48)(H,44,52)(H,45,49)/t26-,29-,30-,31-,32?,34+,41?/m0/s1. The molecule has 3 saturated carbocycles. The van der Waals surface area contributed by atoms with E-state index in [1.807, 2.05) is 27.7 Å². The highest BCUT2D eigenvalue weighted by atomic mass is 16.3. The zero-order valence-electron chi connectivity index (χ0n) is 32.2. The van der Waals surface area contributed by atoms with Crippen LogP contribution in [0, 0.1) is 17.3 Å². The Labute approximate surface area is 314 Å². The highest BCUT2D eigenvalue weighted by Gasteiger charge is 2.51. The maximum Gasteiger partial charge on any atom is 0.289 e. The Hall–Kier alpha value is -3.80. The van der Waals surface area contributed by atoms with Crippen molar-refractivity contribution in [2.75, 3.05) is 0 Å². The van der Waals surface area contributed by atoms with E-state index in [4.69, 9.17) is 0 Å². The monoisotopic (exact) mass is 735 g/mol.